The average molecular weight is 726 g/mol. The van der Waals surface area contributed by atoms with E-state index in [1.807, 2.05) is 76.4 Å². The normalized spacial score (nSPS) is 14.5. The van der Waals surface area contributed by atoms with Gasteiger partial charge < -0.3 is 0 Å². The van der Waals surface area contributed by atoms with Crippen LogP contribution in [0.5, 0.6) is 0 Å². The van der Waals surface area contributed by atoms with E-state index in [1.54, 1.807) is 0 Å². The van der Waals surface area contributed by atoms with Crippen molar-refractivity contribution in [2.24, 2.45) is 5.10 Å². The molecule has 0 spiro atoms. The van der Waals surface area contributed by atoms with Gasteiger partial charge in [-0.1, -0.05) is 123 Å². The van der Waals surface area contributed by atoms with Crippen molar-refractivity contribution in [3.8, 4) is 28.2 Å². The molecular formula is C38H26Br2N6. The van der Waals surface area contributed by atoms with Crippen LogP contribution in [0.15, 0.2) is 154 Å². The summed E-state index contributed by atoms with van der Waals surface area (Å²) < 4.78 is 3.96. The Hall–Kier alpha value is -4.92. The molecule has 3 heterocycles. The summed E-state index contributed by atoms with van der Waals surface area (Å²) >= 11 is 7.24. The van der Waals surface area contributed by atoms with Crippen molar-refractivity contribution in [3.63, 3.8) is 0 Å². The molecule has 0 bridgehead atoms. The molecular weight excluding hydrogens is 700 g/mol. The summed E-state index contributed by atoms with van der Waals surface area (Å²) in [7, 11) is 0. The predicted molar refractivity (Wildman–Crippen MR) is 192 cm³/mol. The number of hydrogen-bond donors (Lipinski definition) is 0. The first-order valence-corrected chi connectivity index (χ1v) is 16.5. The Kier molecular flexibility index (Phi) is 7.52. The quantitative estimate of drug-likeness (QED) is 0.171. The Labute approximate surface area is 283 Å². The fourth-order valence-electron chi connectivity index (χ4n) is 5.93. The fourth-order valence-corrected chi connectivity index (χ4v) is 6.55. The summed E-state index contributed by atoms with van der Waals surface area (Å²) in [5.41, 5.74) is 8.72. The lowest BCUT2D eigenvalue weighted by Crippen LogP contribution is -2.21. The molecule has 8 rings (SSSR count). The molecule has 1 atom stereocenters. The number of para-hydroxylation sites is 1. The van der Waals surface area contributed by atoms with Crippen LogP contribution >= 0.6 is 31.9 Å². The largest absolute Gasteiger partial charge is 0.247 e. The minimum atomic E-state index is -0.206. The molecule has 1 aliphatic rings. The Morgan fingerprint density at radius 3 is 1.93 bits per heavy atom. The van der Waals surface area contributed by atoms with E-state index in [0.29, 0.717) is 12.4 Å². The van der Waals surface area contributed by atoms with Crippen molar-refractivity contribution in [1.29, 1.82) is 0 Å². The Balaban J connectivity index is 1.34. The lowest BCUT2D eigenvalue weighted by Gasteiger charge is -2.23. The molecule has 5 aromatic carbocycles. The van der Waals surface area contributed by atoms with Gasteiger partial charge in [-0.25, -0.2) is 19.7 Å². The minimum Gasteiger partial charge on any atom is -0.240 e. The van der Waals surface area contributed by atoms with Gasteiger partial charge in [-0.15, -0.1) is 0 Å². The molecule has 0 radical (unpaired) electrons. The van der Waals surface area contributed by atoms with Crippen molar-refractivity contribution >= 4 is 54.4 Å². The van der Waals surface area contributed by atoms with Crippen LogP contribution in [0, 0.1) is 0 Å². The SMILES string of the molecule is Brc1ccc(C2=NN(c3nc(-c4ccccc4)c4cc(Br)ccc4n3)[C@H](c3cn(-c4ccccc4)nc3-c3ccccc3)C2)cc1. The van der Waals surface area contributed by atoms with Crippen molar-refractivity contribution in [3.05, 3.63) is 160 Å². The number of anilines is 1. The number of hydrazone groups is 1. The highest BCUT2D eigenvalue weighted by atomic mass is 79.9. The second-order valence-electron chi connectivity index (χ2n) is 11.1. The maximum absolute atomic E-state index is 5.26. The third kappa shape index (κ3) is 5.44. The smallest absolute Gasteiger partial charge is 0.240 e. The monoisotopic (exact) mass is 724 g/mol. The summed E-state index contributed by atoms with van der Waals surface area (Å²) in [6.07, 6.45) is 2.79. The van der Waals surface area contributed by atoms with Crippen molar-refractivity contribution in [1.82, 2.24) is 19.7 Å². The number of hydrogen-bond acceptors (Lipinski definition) is 5. The van der Waals surface area contributed by atoms with Crippen LogP contribution in [-0.4, -0.2) is 25.5 Å². The summed E-state index contributed by atoms with van der Waals surface area (Å²) in [6, 6.07) is 45.0. The average Bonchev–Trinajstić information content (AvgIpc) is 3.75. The van der Waals surface area contributed by atoms with Crippen LogP contribution in [0.25, 0.3) is 39.1 Å². The fraction of sp³-hybridized carbons (Fsp3) is 0.0526. The van der Waals surface area contributed by atoms with Crippen LogP contribution in [0.3, 0.4) is 0 Å². The summed E-state index contributed by atoms with van der Waals surface area (Å²) in [4.78, 5) is 10.4. The van der Waals surface area contributed by atoms with Crippen LogP contribution in [0.1, 0.15) is 23.6 Å². The van der Waals surface area contributed by atoms with E-state index < -0.39 is 0 Å². The molecule has 6 nitrogen and oxygen atoms in total. The molecule has 2 aromatic heterocycles. The van der Waals surface area contributed by atoms with E-state index in [4.69, 9.17) is 20.2 Å². The van der Waals surface area contributed by atoms with Crippen molar-refractivity contribution in [2.45, 2.75) is 12.5 Å². The lowest BCUT2D eigenvalue weighted by atomic mass is 9.96. The van der Waals surface area contributed by atoms with Gasteiger partial charge in [0.05, 0.1) is 34.3 Å². The highest BCUT2D eigenvalue weighted by Crippen LogP contribution is 2.41. The van der Waals surface area contributed by atoms with Crippen LogP contribution in [-0.2, 0) is 0 Å². The van der Waals surface area contributed by atoms with Gasteiger partial charge in [-0.3, -0.25) is 0 Å². The number of nitrogens with zero attached hydrogens (tertiary/aromatic N) is 6. The van der Waals surface area contributed by atoms with Gasteiger partial charge in [0.1, 0.15) is 0 Å². The molecule has 1 aliphatic heterocycles. The van der Waals surface area contributed by atoms with Gasteiger partial charge in [-0.2, -0.15) is 10.2 Å². The molecule has 46 heavy (non-hydrogen) atoms. The zero-order valence-electron chi connectivity index (χ0n) is 24.5. The molecule has 0 fully saturated rings. The van der Waals surface area contributed by atoms with Crippen molar-refractivity contribution < 1.29 is 0 Å². The minimum absolute atomic E-state index is 0.206. The number of aromatic nitrogens is 4. The number of rotatable bonds is 6. The molecule has 0 saturated heterocycles. The molecule has 0 amide bonds. The third-order valence-electron chi connectivity index (χ3n) is 8.16. The third-order valence-corrected chi connectivity index (χ3v) is 9.18. The standard InChI is InChI=1S/C38H26Br2N6/c39-28-18-16-25(17-19-28)34-23-35(32-24-45(30-14-8-3-9-15-30)44-37(32)27-12-6-2-7-13-27)46(43-34)38-41-33-21-20-29(40)22-31(33)36(42-38)26-10-4-1-5-11-26/h1-22,24,35H,23H2/t35-/m0/s1. The highest BCUT2D eigenvalue weighted by Gasteiger charge is 2.35. The summed E-state index contributed by atoms with van der Waals surface area (Å²) in [5, 5.41) is 13.4. The summed E-state index contributed by atoms with van der Waals surface area (Å²) in [6.45, 7) is 0. The second-order valence-corrected chi connectivity index (χ2v) is 12.9. The molecule has 0 N–H and O–H groups in total. The van der Waals surface area contributed by atoms with Gasteiger partial charge in [0.15, 0.2) is 0 Å². The highest BCUT2D eigenvalue weighted by molar-refractivity contribution is 9.10. The maximum atomic E-state index is 5.26. The molecule has 8 heteroatoms. The molecule has 222 valence electrons. The van der Waals surface area contributed by atoms with E-state index in [1.165, 1.54) is 0 Å². The first kappa shape index (κ1) is 28.5. The Morgan fingerprint density at radius 2 is 1.24 bits per heavy atom. The lowest BCUT2D eigenvalue weighted by molar-refractivity contribution is 0.690. The van der Waals surface area contributed by atoms with Gasteiger partial charge >= 0.3 is 0 Å². The van der Waals surface area contributed by atoms with E-state index in [9.17, 15) is 0 Å². The number of halogens is 2. The van der Waals surface area contributed by atoms with Gasteiger partial charge in [-0.05, 0) is 48.0 Å². The molecule has 0 aliphatic carbocycles. The zero-order valence-corrected chi connectivity index (χ0v) is 27.7. The van der Waals surface area contributed by atoms with Crippen molar-refractivity contribution in [2.75, 3.05) is 5.01 Å². The van der Waals surface area contributed by atoms with E-state index >= 15 is 0 Å². The van der Waals surface area contributed by atoms with E-state index in [2.05, 4.69) is 105 Å². The van der Waals surface area contributed by atoms with Crippen LogP contribution in [0.2, 0.25) is 0 Å². The van der Waals surface area contributed by atoms with Gasteiger partial charge in [0.25, 0.3) is 0 Å². The number of fused-ring (bicyclic) bond motifs is 1. The van der Waals surface area contributed by atoms with E-state index in [-0.39, 0.29) is 6.04 Å². The van der Waals surface area contributed by atoms with Crippen LogP contribution in [0.4, 0.5) is 5.95 Å². The molecule has 7 aromatic rings. The second kappa shape index (κ2) is 12.1. The van der Waals surface area contributed by atoms with Crippen LogP contribution < -0.4 is 5.01 Å². The molecule has 0 saturated carbocycles. The Morgan fingerprint density at radius 1 is 0.609 bits per heavy atom. The zero-order chi connectivity index (χ0) is 31.0. The van der Waals surface area contributed by atoms with E-state index in [0.717, 1.165) is 64.9 Å². The van der Waals surface area contributed by atoms with Gasteiger partial charge in [0.2, 0.25) is 5.95 Å². The van der Waals surface area contributed by atoms with Gasteiger partial charge in [0, 0.05) is 43.6 Å². The maximum Gasteiger partial charge on any atom is 0.247 e. The number of benzene rings is 5. The summed E-state index contributed by atoms with van der Waals surface area (Å²) in [5.74, 6) is 0.539. The predicted octanol–water partition coefficient (Wildman–Crippen LogP) is 10.0. The topological polar surface area (TPSA) is 59.2 Å². The first-order valence-electron chi connectivity index (χ1n) is 15.0. The first-order chi connectivity index (χ1) is 22.6. The Bertz CT molecular complexity index is 2200. The molecule has 0 unspecified atom stereocenters.